The molecule has 21 heavy (non-hydrogen) atoms. The average molecular weight is 299 g/mol. The van der Waals surface area contributed by atoms with Crippen LogP contribution >= 0.6 is 0 Å². The summed E-state index contributed by atoms with van der Waals surface area (Å²) in [6.07, 6.45) is -3.60. The van der Waals surface area contributed by atoms with Gasteiger partial charge in [-0.3, -0.25) is 5.10 Å². The van der Waals surface area contributed by atoms with Crippen LogP contribution < -0.4 is 0 Å². The van der Waals surface area contributed by atoms with Gasteiger partial charge in [0.1, 0.15) is 12.1 Å². The molecule has 2 aromatic heterocycles. The lowest BCUT2D eigenvalue weighted by Gasteiger charge is -2.08. The smallest absolute Gasteiger partial charge is 0.334 e. The second-order valence-electron chi connectivity index (χ2n) is 3.95. The lowest BCUT2D eigenvalue weighted by Crippen LogP contribution is -2.08. The van der Waals surface area contributed by atoms with Crippen LogP contribution in [0.2, 0.25) is 0 Å². The van der Waals surface area contributed by atoms with E-state index in [0.717, 1.165) is 6.07 Å². The van der Waals surface area contributed by atoms with Crippen LogP contribution in [0.1, 0.15) is 5.56 Å². The molecule has 2 heterocycles. The van der Waals surface area contributed by atoms with Gasteiger partial charge in [0, 0.05) is 5.56 Å². The monoisotopic (exact) mass is 299 g/mol. The van der Waals surface area contributed by atoms with Crippen LogP contribution in [-0.4, -0.2) is 25.3 Å². The number of aromatic nitrogens is 5. The van der Waals surface area contributed by atoms with Crippen LogP contribution in [0.15, 0.2) is 29.0 Å². The van der Waals surface area contributed by atoms with Crippen molar-refractivity contribution in [3.8, 4) is 23.1 Å². The molecule has 3 rings (SSSR count). The molecule has 0 atom stereocenters. The van der Waals surface area contributed by atoms with Crippen LogP contribution in [0.5, 0.6) is 0 Å². The Labute approximate surface area is 113 Å². The fourth-order valence-corrected chi connectivity index (χ4v) is 1.63. The molecule has 3 aromatic rings. The molecule has 0 aliphatic carbocycles. The van der Waals surface area contributed by atoms with Crippen LogP contribution in [0, 0.1) is 5.82 Å². The van der Waals surface area contributed by atoms with Crippen molar-refractivity contribution >= 4 is 0 Å². The molecule has 0 unspecified atom stereocenters. The Morgan fingerprint density at radius 3 is 2.67 bits per heavy atom. The Bertz CT molecular complexity index is 765. The molecule has 10 heteroatoms. The van der Waals surface area contributed by atoms with E-state index in [4.69, 9.17) is 4.52 Å². The van der Waals surface area contributed by atoms with Gasteiger partial charge in [-0.05, 0) is 18.2 Å². The van der Waals surface area contributed by atoms with Gasteiger partial charge in [0.25, 0.3) is 5.89 Å². The predicted molar refractivity (Wildman–Crippen MR) is 60.1 cm³/mol. The van der Waals surface area contributed by atoms with E-state index in [1.807, 2.05) is 0 Å². The van der Waals surface area contributed by atoms with Gasteiger partial charge in [-0.15, -0.1) is 0 Å². The van der Waals surface area contributed by atoms with Gasteiger partial charge in [-0.1, -0.05) is 5.16 Å². The lowest BCUT2D eigenvalue weighted by molar-refractivity contribution is -0.139. The van der Waals surface area contributed by atoms with Gasteiger partial charge in [-0.2, -0.15) is 23.3 Å². The molecule has 0 fully saturated rings. The molecule has 1 aromatic carbocycles. The van der Waals surface area contributed by atoms with E-state index in [1.54, 1.807) is 0 Å². The summed E-state index contributed by atoms with van der Waals surface area (Å²) in [5, 5.41) is 9.61. The fraction of sp³-hybridized carbons (Fsp3) is 0.0909. The molecular formula is C11H5F4N5O. The van der Waals surface area contributed by atoms with Crippen molar-refractivity contribution in [2.24, 2.45) is 0 Å². The van der Waals surface area contributed by atoms with Crippen molar-refractivity contribution in [3.05, 3.63) is 35.9 Å². The summed E-state index contributed by atoms with van der Waals surface area (Å²) < 4.78 is 56.0. The van der Waals surface area contributed by atoms with E-state index < -0.39 is 17.6 Å². The van der Waals surface area contributed by atoms with Crippen LogP contribution in [0.25, 0.3) is 23.1 Å². The molecule has 0 saturated carbocycles. The predicted octanol–water partition coefficient (Wildman–Crippen LogP) is 2.68. The van der Waals surface area contributed by atoms with E-state index in [-0.39, 0.29) is 23.1 Å². The minimum absolute atomic E-state index is 0.0281. The van der Waals surface area contributed by atoms with Crippen molar-refractivity contribution in [3.63, 3.8) is 0 Å². The molecule has 0 amide bonds. The lowest BCUT2D eigenvalue weighted by atomic mass is 10.1. The van der Waals surface area contributed by atoms with Crippen LogP contribution in [0.4, 0.5) is 17.6 Å². The number of H-pyrrole nitrogens is 1. The quantitative estimate of drug-likeness (QED) is 0.736. The first-order valence-electron chi connectivity index (χ1n) is 5.52. The molecule has 1 N–H and O–H groups in total. The van der Waals surface area contributed by atoms with Crippen LogP contribution in [-0.2, 0) is 6.18 Å². The maximum Gasteiger partial charge on any atom is 0.419 e. The number of hydrogen-bond acceptors (Lipinski definition) is 5. The summed E-state index contributed by atoms with van der Waals surface area (Å²) in [5.41, 5.74) is -1.46. The van der Waals surface area contributed by atoms with E-state index in [2.05, 4.69) is 25.3 Å². The van der Waals surface area contributed by atoms with E-state index in [1.165, 1.54) is 6.33 Å². The largest absolute Gasteiger partial charge is 0.419 e. The van der Waals surface area contributed by atoms with Gasteiger partial charge < -0.3 is 4.52 Å². The van der Waals surface area contributed by atoms with Gasteiger partial charge >= 0.3 is 6.18 Å². The number of alkyl halides is 3. The van der Waals surface area contributed by atoms with Crippen molar-refractivity contribution in [1.82, 2.24) is 25.3 Å². The molecule has 6 nitrogen and oxygen atoms in total. The fourth-order valence-electron chi connectivity index (χ4n) is 1.63. The number of aromatic amines is 1. The Kier molecular flexibility index (Phi) is 2.92. The summed E-state index contributed by atoms with van der Waals surface area (Å²) in [4.78, 5) is 7.65. The van der Waals surface area contributed by atoms with E-state index >= 15 is 0 Å². The highest BCUT2D eigenvalue weighted by molar-refractivity contribution is 5.57. The number of benzene rings is 1. The number of halogens is 4. The first-order chi connectivity index (χ1) is 9.95. The summed E-state index contributed by atoms with van der Waals surface area (Å²) in [7, 11) is 0. The summed E-state index contributed by atoms with van der Waals surface area (Å²) in [5.74, 6) is -1.34. The Morgan fingerprint density at radius 2 is 2.00 bits per heavy atom. The molecule has 0 radical (unpaired) electrons. The second kappa shape index (κ2) is 4.65. The Balaban J connectivity index is 2.02. The minimum atomic E-state index is -4.81. The first kappa shape index (κ1) is 13.2. The Hall–Kier alpha value is -2.78. The molecule has 0 spiro atoms. The highest BCUT2D eigenvalue weighted by atomic mass is 19.4. The third kappa shape index (κ3) is 2.47. The average Bonchev–Trinajstić information content (AvgIpc) is 3.09. The number of nitrogens with one attached hydrogen (secondary N) is 1. The maximum atomic E-state index is 13.2. The molecule has 0 bridgehead atoms. The van der Waals surface area contributed by atoms with Gasteiger partial charge in [-0.25, -0.2) is 9.37 Å². The summed E-state index contributed by atoms with van der Waals surface area (Å²) in [6.45, 7) is 0. The highest BCUT2D eigenvalue weighted by Crippen LogP contribution is 2.34. The van der Waals surface area contributed by atoms with Crippen LogP contribution in [0.3, 0.4) is 0 Å². The molecule has 108 valence electrons. The third-order valence-corrected chi connectivity index (χ3v) is 2.57. The summed E-state index contributed by atoms with van der Waals surface area (Å²) in [6, 6.07) is 2.41. The number of nitrogens with zero attached hydrogens (tertiary/aromatic N) is 4. The minimum Gasteiger partial charge on any atom is -0.334 e. The molecule has 0 saturated heterocycles. The zero-order valence-electron chi connectivity index (χ0n) is 10.0. The number of rotatable bonds is 2. The van der Waals surface area contributed by atoms with Crippen molar-refractivity contribution < 1.29 is 22.1 Å². The summed E-state index contributed by atoms with van der Waals surface area (Å²) >= 11 is 0. The van der Waals surface area contributed by atoms with E-state index in [9.17, 15) is 17.6 Å². The van der Waals surface area contributed by atoms with Gasteiger partial charge in [0.15, 0.2) is 5.82 Å². The normalized spacial score (nSPS) is 11.8. The zero-order valence-corrected chi connectivity index (χ0v) is 10.0. The maximum absolute atomic E-state index is 13.2. The first-order valence-corrected chi connectivity index (χ1v) is 5.52. The highest BCUT2D eigenvalue weighted by Gasteiger charge is 2.34. The topological polar surface area (TPSA) is 80.5 Å². The molecule has 0 aliphatic rings. The van der Waals surface area contributed by atoms with Crippen molar-refractivity contribution in [2.75, 3.05) is 0 Å². The SMILES string of the molecule is Fc1ccc(-c2nc(-c3ncn[nH]3)no2)cc1C(F)(F)F. The van der Waals surface area contributed by atoms with E-state index in [0.29, 0.717) is 12.1 Å². The standard InChI is InChI=1S/C11H5F4N5O/c12-7-2-1-5(3-6(7)11(13,14)15)10-18-9(20-21-10)8-16-4-17-19-8/h1-4H,(H,16,17,19). The van der Waals surface area contributed by atoms with Crippen molar-refractivity contribution in [1.29, 1.82) is 0 Å². The molecular weight excluding hydrogens is 294 g/mol. The zero-order chi connectivity index (χ0) is 15.0. The molecule has 0 aliphatic heterocycles. The van der Waals surface area contributed by atoms with Gasteiger partial charge in [0.2, 0.25) is 5.82 Å². The number of hydrogen-bond donors (Lipinski definition) is 1. The third-order valence-electron chi connectivity index (χ3n) is 2.57. The Morgan fingerprint density at radius 1 is 1.19 bits per heavy atom. The second-order valence-corrected chi connectivity index (χ2v) is 3.95. The van der Waals surface area contributed by atoms with Gasteiger partial charge in [0.05, 0.1) is 5.56 Å². The van der Waals surface area contributed by atoms with Crippen molar-refractivity contribution in [2.45, 2.75) is 6.18 Å².